The van der Waals surface area contributed by atoms with Crippen molar-refractivity contribution in [3.8, 4) is 0 Å². The Hall–Kier alpha value is -2.86. The summed E-state index contributed by atoms with van der Waals surface area (Å²) in [6, 6.07) is 34.6. The fourth-order valence-electron chi connectivity index (χ4n) is 4.23. The summed E-state index contributed by atoms with van der Waals surface area (Å²) in [6.45, 7) is 4.15. The zero-order chi connectivity index (χ0) is 25.4. The van der Waals surface area contributed by atoms with Crippen molar-refractivity contribution in [1.29, 1.82) is 0 Å². The molecule has 0 amide bonds. The average molecular weight is 519 g/mol. The van der Waals surface area contributed by atoms with E-state index in [1.165, 1.54) is 24.8 Å². The molecule has 3 nitrogen and oxygen atoms in total. The third-order valence-corrected chi connectivity index (χ3v) is 11.4. The molecule has 0 unspecified atom stereocenters. The van der Waals surface area contributed by atoms with Crippen LogP contribution in [0.1, 0.15) is 43.7 Å². The maximum absolute atomic E-state index is 13.7. The van der Waals surface area contributed by atoms with Gasteiger partial charge in [-0.25, -0.2) is 3.63 Å². The Morgan fingerprint density at radius 3 is 1.61 bits per heavy atom. The fourth-order valence-corrected chi connectivity index (χ4v) is 9.45. The first kappa shape index (κ1) is 26.2. The van der Waals surface area contributed by atoms with Gasteiger partial charge < -0.3 is 0 Å². The molecule has 0 N–H and O–H groups in total. The Balaban J connectivity index is 1.84. The minimum Gasteiger partial charge on any atom is -0.203 e. The number of aryl methyl sites for hydroxylation is 2. The van der Waals surface area contributed by atoms with E-state index in [0.717, 1.165) is 33.1 Å². The molecule has 0 saturated heterocycles. The summed E-state index contributed by atoms with van der Waals surface area (Å²) >= 11 is 0. The first-order chi connectivity index (χ1) is 17.5. The van der Waals surface area contributed by atoms with Crippen molar-refractivity contribution in [2.45, 2.75) is 65.5 Å². The molecule has 4 aromatic carbocycles. The van der Waals surface area contributed by atoms with Crippen molar-refractivity contribution in [3.63, 3.8) is 0 Å². The van der Waals surface area contributed by atoms with Crippen LogP contribution in [0.5, 0.6) is 0 Å². The van der Waals surface area contributed by atoms with Crippen LogP contribution < -0.4 is 0 Å². The van der Waals surface area contributed by atoms with Gasteiger partial charge in [-0.15, -0.1) is 0 Å². The van der Waals surface area contributed by atoms with Crippen LogP contribution in [0.25, 0.3) is 0 Å². The highest BCUT2D eigenvalue weighted by atomic mass is 32.3. The van der Waals surface area contributed by atoms with Crippen LogP contribution in [0.15, 0.2) is 129 Å². The molecule has 0 saturated carbocycles. The Labute approximate surface area is 217 Å². The third kappa shape index (κ3) is 5.92. The Kier molecular flexibility index (Phi) is 8.68. The monoisotopic (exact) mass is 518 g/mol. The molecule has 0 aliphatic carbocycles. The number of rotatable bonds is 11. The summed E-state index contributed by atoms with van der Waals surface area (Å²) in [7, 11) is -6.66. The third-order valence-electron chi connectivity index (χ3n) is 6.23. The first-order valence-electron chi connectivity index (χ1n) is 12.5. The Morgan fingerprint density at radius 1 is 0.583 bits per heavy atom. The van der Waals surface area contributed by atoms with Gasteiger partial charge in [0.25, 0.3) is 0 Å². The highest BCUT2D eigenvalue weighted by molar-refractivity contribution is 8.33. The predicted octanol–water partition coefficient (Wildman–Crippen LogP) is 8.72. The highest BCUT2D eigenvalue weighted by Gasteiger charge is 2.38. The van der Waals surface area contributed by atoms with Gasteiger partial charge in [-0.05, 0) is 84.2 Å². The van der Waals surface area contributed by atoms with Gasteiger partial charge in [-0.2, -0.15) is 8.42 Å². The first-order valence-corrected chi connectivity index (χ1v) is 15.5. The second-order valence-corrected chi connectivity index (χ2v) is 13.4. The van der Waals surface area contributed by atoms with Gasteiger partial charge in [0, 0.05) is 14.7 Å². The van der Waals surface area contributed by atoms with E-state index in [1.54, 1.807) is 24.3 Å². The van der Waals surface area contributed by atoms with Gasteiger partial charge in [0.1, 0.15) is 0 Å². The van der Waals surface area contributed by atoms with E-state index < -0.39 is 20.4 Å². The summed E-state index contributed by atoms with van der Waals surface area (Å²) in [5.41, 5.74) is 2.25. The minimum absolute atomic E-state index is 0.157. The molecule has 0 fully saturated rings. The van der Waals surface area contributed by atoms with E-state index in [4.69, 9.17) is 3.63 Å². The molecule has 36 heavy (non-hydrogen) atoms. The van der Waals surface area contributed by atoms with Gasteiger partial charge in [0.2, 0.25) is 0 Å². The van der Waals surface area contributed by atoms with E-state index in [0.29, 0.717) is 0 Å². The summed E-state index contributed by atoms with van der Waals surface area (Å²) in [4.78, 5) is 2.68. The van der Waals surface area contributed by atoms with E-state index in [-0.39, 0.29) is 4.90 Å². The Bertz CT molecular complexity index is 1290. The molecule has 0 spiro atoms. The quantitative estimate of drug-likeness (QED) is 0.186. The second kappa shape index (κ2) is 11.9. The molecular formula is C31H34O3S2. The molecule has 5 heteroatoms. The van der Waals surface area contributed by atoms with E-state index in [9.17, 15) is 8.42 Å². The van der Waals surface area contributed by atoms with Crippen LogP contribution >= 0.6 is 10.3 Å². The largest absolute Gasteiger partial charge is 0.307 e. The van der Waals surface area contributed by atoms with Crippen molar-refractivity contribution >= 4 is 20.4 Å². The molecule has 188 valence electrons. The summed E-state index contributed by atoms with van der Waals surface area (Å²) < 4.78 is 33.9. The molecule has 0 aliphatic heterocycles. The zero-order valence-corrected chi connectivity index (χ0v) is 22.6. The van der Waals surface area contributed by atoms with Gasteiger partial charge >= 0.3 is 10.1 Å². The standard InChI is InChI=1S/C31H34O3S2/c1-3-4-5-8-13-27-20-24-30(25-21-27)35(28-14-9-6-10-15-28,29-16-11-7-12-17-29)34-36(32,33)31-22-18-26(2)19-23-31/h6-7,9-12,14-25H,3-5,8,13H2,1-2H3. The maximum atomic E-state index is 13.7. The lowest BCUT2D eigenvalue weighted by Crippen LogP contribution is -2.14. The minimum atomic E-state index is -4.07. The van der Waals surface area contributed by atoms with Crippen molar-refractivity contribution < 1.29 is 12.0 Å². The van der Waals surface area contributed by atoms with Crippen LogP contribution in [0.4, 0.5) is 0 Å². The average Bonchev–Trinajstić information content (AvgIpc) is 2.91. The number of benzene rings is 4. The number of hydrogen-bond donors (Lipinski definition) is 0. The molecule has 4 rings (SSSR count). The van der Waals surface area contributed by atoms with E-state index >= 15 is 0 Å². The lowest BCUT2D eigenvalue weighted by atomic mass is 10.1. The van der Waals surface area contributed by atoms with Gasteiger partial charge in [0.05, 0.1) is 4.90 Å². The van der Waals surface area contributed by atoms with Crippen LogP contribution in [0.2, 0.25) is 0 Å². The van der Waals surface area contributed by atoms with Gasteiger partial charge in [0.15, 0.2) is 0 Å². The second-order valence-electron chi connectivity index (χ2n) is 8.97. The number of unbranched alkanes of at least 4 members (excludes halogenated alkanes) is 3. The molecule has 0 radical (unpaired) electrons. The van der Waals surface area contributed by atoms with E-state index in [1.807, 2.05) is 67.6 Å². The normalized spacial score (nSPS) is 12.4. The van der Waals surface area contributed by atoms with Crippen molar-refractivity contribution in [1.82, 2.24) is 0 Å². The van der Waals surface area contributed by atoms with Crippen molar-refractivity contribution in [2.75, 3.05) is 0 Å². The summed E-state index contributed by atoms with van der Waals surface area (Å²) in [5, 5.41) is 0. The molecule has 0 aromatic heterocycles. The summed E-state index contributed by atoms with van der Waals surface area (Å²) in [6.07, 6.45) is 5.85. The lowest BCUT2D eigenvalue weighted by molar-refractivity contribution is 0.508. The van der Waals surface area contributed by atoms with Crippen molar-refractivity contribution in [3.05, 3.63) is 120 Å². The predicted molar refractivity (Wildman–Crippen MR) is 149 cm³/mol. The van der Waals surface area contributed by atoms with Crippen LogP contribution in [-0.2, 0) is 20.2 Å². The maximum Gasteiger partial charge on any atom is 0.307 e. The van der Waals surface area contributed by atoms with E-state index in [2.05, 4.69) is 31.2 Å². The zero-order valence-electron chi connectivity index (χ0n) is 21.0. The van der Waals surface area contributed by atoms with Crippen LogP contribution in [0, 0.1) is 6.92 Å². The molecule has 4 aromatic rings. The highest BCUT2D eigenvalue weighted by Crippen LogP contribution is 2.70. The SMILES string of the molecule is CCCCCCc1ccc(S(OS(=O)(=O)c2ccc(C)cc2)(c2ccccc2)c2ccccc2)cc1. The summed E-state index contributed by atoms with van der Waals surface area (Å²) in [5.74, 6) is 0. The number of hydrogen-bond acceptors (Lipinski definition) is 3. The van der Waals surface area contributed by atoms with Crippen molar-refractivity contribution in [2.24, 2.45) is 0 Å². The molecule has 0 aliphatic rings. The fraction of sp³-hybridized carbons (Fsp3) is 0.226. The molecular weight excluding hydrogens is 484 g/mol. The smallest absolute Gasteiger partial charge is 0.203 e. The molecule has 0 atom stereocenters. The molecule has 0 bridgehead atoms. The topological polar surface area (TPSA) is 43.4 Å². The Morgan fingerprint density at radius 2 is 1.08 bits per heavy atom. The lowest BCUT2D eigenvalue weighted by Gasteiger charge is -2.39. The van der Waals surface area contributed by atoms with Crippen LogP contribution in [0.3, 0.4) is 0 Å². The molecule has 0 heterocycles. The van der Waals surface area contributed by atoms with Gasteiger partial charge in [-0.3, -0.25) is 0 Å². The van der Waals surface area contributed by atoms with Gasteiger partial charge in [-0.1, -0.05) is 92.4 Å². The van der Waals surface area contributed by atoms with Crippen LogP contribution in [-0.4, -0.2) is 8.42 Å².